The molecule has 88 valence electrons. The van der Waals surface area contributed by atoms with Gasteiger partial charge in [-0.2, -0.15) is 0 Å². The minimum absolute atomic E-state index is 0.197. The molecule has 0 heterocycles. The lowest BCUT2D eigenvalue weighted by Crippen LogP contribution is -2.30. The van der Waals surface area contributed by atoms with Crippen LogP contribution in [0, 0.1) is 11.8 Å². The topological polar surface area (TPSA) is 101 Å². The normalized spacial score (nSPS) is 23.4. The summed E-state index contributed by atoms with van der Waals surface area (Å²) in [6.07, 6.45) is 2.66. The van der Waals surface area contributed by atoms with Crippen LogP contribution in [0.25, 0.3) is 0 Å². The van der Waals surface area contributed by atoms with Crippen LogP contribution in [-0.2, 0) is 19.1 Å². The Kier molecular flexibility index (Phi) is 3.65. The lowest BCUT2D eigenvalue weighted by Gasteiger charge is -2.15. The molecule has 0 aromatic rings. The summed E-state index contributed by atoms with van der Waals surface area (Å²) < 4.78 is 4.84. The molecule has 0 saturated heterocycles. The van der Waals surface area contributed by atoms with Crippen molar-refractivity contribution in [1.82, 2.24) is 0 Å². The van der Waals surface area contributed by atoms with Gasteiger partial charge in [-0.3, -0.25) is 14.4 Å². The Bertz CT molecular complexity index is 331. The van der Waals surface area contributed by atoms with E-state index in [1.54, 1.807) is 0 Å². The van der Waals surface area contributed by atoms with Crippen LogP contribution in [0.2, 0.25) is 0 Å². The molecule has 0 aromatic carbocycles. The number of esters is 1. The first kappa shape index (κ1) is 12.2. The van der Waals surface area contributed by atoms with Crippen molar-refractivity contribution in [3.05, 3.63) is 12.2 Å². The van der Waals surface area contributed by atoms with Crippen LogP contribution in [0.3, 0.4) is 0 Å². The molecule has 0 radical (unpaired) electrons. The molecule has 1 aliphatic rings. The van der Waals surface area contributed by atoms with E-state index in [4.69, 9.17) is 14.9 Å². The van der Waals surface area contributed by atoms with E-state index in [9.17, 15) is 14.4 Å². The fraction of sp³-hybridized carbons (Fsp3) is 0.500. The molecule has 6 heteroatoms. The maximum absolute atomic E-state index is 10.7. The third-order valence-corrected chi connectivity index (χ3v) is 2.36. The SMILES string of the molecule is CC(=O)OC1C=CC(C(C(=O)O)C(=O)O)C1. The molecule has 0 aromatic heterocycles. The Morgan fingerprint density at radius 1 is 1.25 bits per heavy atom. The van der Waals surface area contributed by atoms with Gasteiger partial charge < -0.3 is 14.9 Å². The molecule has 0 saturated carbocycles. The molecule has 1 aliphatic carbocycles. The number of carboxylic acids is 2. The summed E-state index contributed by atoms with van der Waals surface area (Å²) in [6, 6.07) is 0. The van der Waals surface area contributed by atoms with E-state index in [0.717, 1.165) is 0 Å². The largest absolute Gasteiger partial charge is 0.481 e. The first-order valence-corrected chi connectivity index (χ1v) is 4.73. The second-order valence-corrected chi connectivity index (χ2v) is 3.59. The zero-order chi connectivity index (χ0) is 12.3. The molecule has 0 aliphatic heterocycles. The van der Waals surface area contributed by atoms with Gasteiger partial charge in [0.1, 0.15) is 6.10 Å². The number of hydrogen-bond acceptors (Lipinski definition) is 4. The zero-order valence-electron chi connectivity index (χ0n) is 8.62. The number of aliphatic carboxylic acids is 2. The van der Waals surface area contributed by atoms with Gasteiger partial charge in [0, 0.05) is 12.8 Å². The molecule has 0 bridgehead atoms. The zero-order valence-corrected chi connectivity index (χ0v) is 8.62. The fourth-order valence-electron chi connectivity index (χ4n) is 1.71. The lowest BCUT2D eigenvalue weighted by molar-refractivity contribution is -0.156. The third kappa shape index (κ3) is 2.82. The first-order chi connectivity index (χ1) is 7.41. The molecule has 0 fully saturated rings. The van der Waals surface area contributed by atoms with E-state index >= 15 is 0 Å². The van der Waals surface area contributed by atoms with E-state index in [-0.39, 0.29) is 6.42 Å². The van der Waals surface area contributed by atoms with E-state index in [1.807, 2.05) is 0 Å². The molecule has 2 N–H and O–H groups in total. The van der Waals surface area contributed by atoms with Gasteiger partial charge in [0.25, 0.3) is 0 Å². The summed E-state index contributed by atoms with van der Waals surface area (Å²) in [7, 11) is 0. The summed E-state index contributed by atoms with van der Waals surface area (Å²) in [5.74, 6) is -5.37. The van der Waals surface area contributed by atoms with Crippen molar-refractivity contribution in [2.75, 3.05) is 0 Å². The Hall–Kier alpha value is -1.85. The Labute approximate surface area is 91.5 Å². The Balaban J connectivity index is 2.65. The number of ether oxygens (including phenoxy) is 1. The van der Waals surface area contributed by atoms with Crippen molar-refractivity contribution >= 4 is 17.9 Å². The van der Waals surface area contributed by atoms with Crippen LogP contribution in [0.4, 0.5) is 0 Å². The fourth-order valence-corrected chi connectivity index (χ4v) is 1.71. The van der Waals surface area contributed by atoms with Gasteiger partial charge in [-0.05, 0) is 12.5 Å². The second kappa shape index (κ2) is 4.78. The van der Waals surface area contributed by atoms with Crippen molar-refractivity contribution in [2.45, 2.75) is 19.4 Å². The van der Waals surface area contributed by atoms with Crippen molar-refractivity contribution in [2.24, 2.45) is 11.8 Å². The number of carbonyl (C=O) groups excluding carboxylic acids is 1. The standard InChI is InChI=1S/C10H12O6/c1-5(11)16-7-3-2-6(4-7)8(9(12)13)10(14)15/h2-3,6-8H,4H2,1H3,(H,12,13)(H,14,15). The molecule has 1 rings (SSSR count). The van der Waals surface area contributed by atoms with Crippen molar-refractivity contribution in [3.8, 4) is 0 Å². The van der Waals surface area contributed by atoms with Gasteiger partial charge in [-0.25, -0.2) is 0 Å². The van der Waals surface area contributed by atoms with Crippen LogP contribution in [0.5, 0.6) is 0 Å². The molecular formula is C10H12O6. The van der Waals surface area contributed by atoms with Crippen LogP contribution in [0.1, 0.15) is 13.3 Å². The number of allylic oxidation sites excluding steroid dienone is 1. The number of carbonyl (C=O) groups is 3. The van der Waals surface area contributed by atoms with Gasteiger partial charge in [0.15, 0.2) is 5.92 Å². The smallest absolute Gasteiger partial charge is 0.318 e. The lowest BCUT2D eigenvalue weighted by atomic mass is 9.92. The van der Waals surface area contributed by atoms with Crippen LogP contribution in [0.15, 0.2) is 12.2 Å². The average molecular weight is 228 g/mol. The van der Waals surface area contributed by atoms with Gasteiger partial charge in [-0.15, -0.1) is 0 Å². The van der Waals surface area contributed by atoms with E-state index < -0.39 is 35.8 Å². The highest BCUT2D eigenvalue weighted by molar-refractivity contribution is 5.93. The molecule has 2 atom stereocenters. The predicted molar refractivity (Wildman–Crippen MR) is 51.6 cm³/mol. The van der Waals surface area contributed by atoms with Gasteiger partial charge in [0.05, 0.1) is 0 Å². The summed E-state index contributed by atoms with van der Waals surface area (Å²) in [6.45, 7) is 1.24. The number of rotatable bonds is 4. The summed E-state index contributed by atoms with van der Waals surface area (Å²) >= 11 is 0. The average Bonchev–Trinajstić information content (AvgIpc) is 2.50. The highest BCUT2D eigenvalue weighted by Gasteiger charge is 2.37. The number of hydrogen-bond donors (Lipinski definition) is 2. The highest BCUT2D eigenvalue weighted by atomic mass is 16.5. The predicted octanol–water partition coefficient (Wildman–Crippen LogP) is 0.280. The highest BCUT2D eigenvalue weighted by Crippen LogP contribution is 2.28. The Morgan fingerprint density at radius 2 is 1.81 bits per heavy atom. The van der Waals surface area contributed by atoms with Crippen molar-refractivity contribution in [3.63, 3.8) is 0 Å². The molecule has 2 unspecified atom stereocenters. The molecule has 6 nitrogen and oxygen atoms in total. The number of carboxylic acid groups (broad SMARTS) is 2. The van der Waals surface area contributed by atoms with Gasteiger partial charge >= 0.3 is 17.9 Å². The molecule has 0 spiro atoms. The first-order valence-electron chi connectivity index (χ1n) is 4.73. The van der Waals surface area contributed by atoms with Crippen LogP contribution in [-0.4, -0.2) is 34.2 Å². The Morgan fingerprint density at radius 3 is 2.25 bits per heavy atom. The van der Waals surface area contributed by atoms with Crippen LogP contribution >= 0.6 is 0 Å². The van der Waals surface area contributed by atoms with Gasteiger partial charge in [0.2, 0.25) is 0 Å². The summed E-state index contributed by atoms with van der Waals surface area (Å²) in [5.41, 5.74) is 0. The molecule has 0 amide bonds. The minimum Gasteiger partial charge on any atom is -0.481 e. The maximum Gasteiger partial charge on any atom is 0.318 e. The van der Waals surface area contributed by atoms with Gasteiger partial charge in [-0.1, -0.05) is 6.08 Å². The summed E-state index contributed by atoms with van der Waals surface area (Å²) in [4.78, 5) is 32.1. The summed E-state index contributed by atoms with van der Waals surface area (Å²) in [5, 5.41) is 17.5. The van der Waals surface area contributed by atoms with Crippen LogP contribution < -0.4 is 0 Å². The quantitative estimate of drug-likeness (QED) is 0.407. The minimum atomic E-state index is -1.49. The van der Waals surface area contributed by atoms with E-state index in [2.05, 4.69) is 0 Å². The van der Waals surface area contributed by atoms with E-state index in [0.29, 0.717) is 0 Å². The second-order valence-electron chi connectivity index (χ2n) is 3.59. The monoisotopic (exact) mass is 228 g/mol. The van der Waals surface area contributed by atoms with Crippen molar-refractivity contribution < 1.29 is 29.3 Å². The van der Waals surface area contributed by atoms with Crippen molar-refractivity contribution in [1.29, 1.82) is 0 Å². The maximum atomic E-state index is 10.7. The van der Waals surface area contributed by atoms with E-state index in [1.165, 1.54) is 19.1 Å². The molecule has 16 heavy (non-hydrogen) atoms. The molecular weight excluding hydrogens is 216 g/mol. The third-order valence-electron chi connectivity index (χ3n) is 2.36.